The fourth-order valence-corrected chi connectivity index (χ4v) is 4.21. The molecule has 1 N–H and O–H groups in total. The highest BCUT2D eigenvalue weighted by Crippen LogP contribution is 2.20. The second kappa shape index (κ2) is 7.48. The van der Waals surface area contributed by atoms with Crippen molar-refractivity contribution in [2.24, 2.45) is 7.05 Å². The van der Waals surface area contributed by atoms with E-state index in [0.717, 1.165) is 19.4 Å². The predicted octanol–water partition coefficient (Wildman–Crippen LogP) is 1.55. The second-order valence-corrected chi connectivity index (χ2v) is 6.75. The van der Waals surface area contributed by atoms with Crippen LogP contribution in [-0.4, -0.2) is 58.4 Å². The van der Waals surface area contributed by atoms with Gasteiger partial charge in [0.25, 0.3) is 0 Å². The first kappa shape index (κ1) is 15.9. The number of nitrogens with one attached hydrogen (secondary N) is 1. The summed E-state index contributed by atoms with van der Waals surface area (Å²) in [5.74, 6) is 2.49. The molecule has 1 aromatic heterocycles. The van der Waals surface area contributed by atoms with Gasteiger partial charge in [0.15, 0.2) is 0 Å². The van der Waals surface area contributed by atoms with Crippen LogP contribution in [0.3, 0.4) is 0 Å². The van der Waals surface area contributed by atoms with Gasteiger partial charge in [-0.15, -0.1) is 0 Å². The normalized spacial score (nSPS) is 22.1. The Morgan fingerprint density at radius 1 is 1.45 bits per heavy atom. The van der Waals surface area contributed by atoms with Crippen molar-refractivity contribution in [2.45, 2.75) is 38.8 Å². The third-order valence-electron chi connectivity index (χ3n) is 4.19. The van der Waals surface area contributed by atoms with Gasteiger partial charge in [0, 0.05) is 49.3 Å². The molecule has 1 aliphatic heterocycles. The monoisotopic (exact) mass is 296 g/mol. The third kappa shape index (κ3) is 3.77. The number of likely N-dealkylation sites (N-methyl/N-ethyl adjacent to an activating group) is 2. The Bertz CT molecular complexity index is 418. The van der Waals surface area contributed by atoms with E-state index in [1.807, 2.05) is 0 Å². The van der Waals surface area contributed by atoms with Gasteiger partial charge in [-0.1, -0.05) is 13.8 Å². The molecule has 0 bridgehead atoms. The first-order valence-corrected chi connectivity index (χ1v) is 8.84. The predicted molar refractivity (Wildman–Crippen MR) is 87.5 cm³/mol. The summed E-state index contributed by atoms with van der Waals surface area (Å²) in [5, 5.41) is 8.27. The smallest absolute Gasteiger partial charge is 0.0624 e. The highest BCUT2D eigenvalue weighted by Gasteiger charge is 2.28. The Labute approximate surface area is 127 Å². The summed E-state index contributed by atoms with van der Waals surface area (Å²) in [6.07, 6.45) is 2.08. The van der Waals surface area contributed by atoms with Crippen LogP contribution in [0.1, 0.15) is 25.2 Å². The Kier molecular flexibility index (Phi) is 5.93. The number of aryl methyl sites for hydroxylation is 2. The van der Waals surface area contributed by atoms with Crippen LogP contribution in [0.5, 0.6) is 0 Å². The molecule has 1 aromatic rings. The molecule has 114 valence electrons. The van der Waals surface area contributed by atoms with Crippen molar-refractivity contribution in [1.82, 2.24) is 20.0 Å². The van der Waals surface area contributed by atoms with Gasteiger partial charge >= 0.3 is 0 Å². The van der Waals surface area contributed by atoms with E-state index in [9.17, 15) is 0 Å². The molecule has 2 heterocycles. The molecule has 5 heteroatoms. The van der Waals surface area contributed by atoms with Crippen molar-refractivity contribution < 1.29 is 0 Å². The van der Waals surface area contributed by atoms with Crippen molar-refractivity contribution in [3.05, 3.63) is 17.5 Å². The summed E-state index contributed by atoms with van der Waals surface area (Å²) < 4.78 is 2.05. The Morgan fingerprint density at radius 3 is 2.85 bits per heavy atom. The average molecular weight is 296 g/mol. The van der Waals surface area contributed by atoms with Crippen LogP contribution >= 0.6 is 11.8 Å². The van der Waals surface area contributed by atoms with Crippen molar-refractivity contribution in [1.29, 1.82) is 0 Å². The van der Waals surface area contributed by atoms with Gasteiger partial charge in [0.1, 0.15) is 0 Å². The molecule has 0 aliphatic carbocycles. The largest absolute Gasteiger partial charge is 0.312 e. The van der Waals surface area contributed by atoms with Gasteiger partial charge in [0.05, 0.1) is 5.69 Å². The number of rotatable bonds is 6. The van der Waals surface area contributed by atoms with Crippen molar-refractivity contribution in [2.75, 3.05) is 31.6 Å². The molecule has 20 heavy (non-hydrogen) atoms. The molecule has 1 saturated heterocycles. The zero-order valence-corrected chi connectivity index (χ0v) is 14.0. The minimum absolute atomic E-state index is 0.512. The van der Waals surface area contributed by atoms with E-state index in [1.54, 1.807) is 0 Å². The molecule has 1 aliphatic rings. The Morgan fingerprint density at radius 2 is 2.25 bits per heavy atom. The number of thioether (sulfide) groups is 1. The lowest BCUT2D eigenvalue weighted by molar-refractivity contribution is 0.213. The minimum Gasteiger partial charge on any atom is -0.312 e. The van der Waals surface area contributed by atoms with Crippen molar-refractivity contribution in [3.63, 3.8) is 0 Å². The standard InChI is InChI=1S/C15H28N4S/c1-5-12-9-13(19(4)17-12)10-14(16-6-2)15-11-20-8-7-18(15)3/h9,14-16H,5-8,10-11H2,1-4H3. The first-order valence-electron chi connectivity index (χ1n) is 7.68. The molecule has 0 amide bonds. The molecule has 2 rings (SSSR count). The summed E-state index contributed by atoms with van der Waals surface area (Å²) >= 11 is 2.08. The molecular weight excluding hydrogens is 268 g/mol. The molecule has 0 aromatic carbocycles. The molecule has 2 atom stereocenters. The van der Waals surface area contributed by atoms with Crippen LogP contribution in [0.15, 0.2) is 6.07 Å². The van der Waals surface area contributed by atoms with Crippen molar-refractivity contribution in [3.8, 4) is 0 Å². The molecule has 2 unspecified atom stereocenters. The highest BCUT2D eigenvalue weighted by molar-refractivity contribution is 7.99. The van der Waals surface area contributed by atoms with Gasteiger partial charge in [-0.25, -0.2) is 0 Å². The van der Waals surface area contributed by atoms with Gasteiger partial charge in [-0.2, -0.15) is 16.9 Å². The van der Waals surface area contributed by atoms with Gasteiger partial charge in [-0.05, 0) is 26.1 Å². The van der Waals surface area contributed by atoms with Gasteiger partial charge in [0.2, 0.25) is 0 Å². The topological polar surface area (TPSA) is 33.1 Å². The molecular formula is C15H28N4S. The quantitative estimate of drug-likeness (QED) is 0.863. The summed E-state index contributed by atoms with van der Waals surface area (Å²) in [6.45, 7) is 6.59. The third-order valence-corrected chi connectivity index (χ3v) is 5.24. The highest BCUT2D eigenvalue weighted by atomic mass is 32.2. The van der Waals surface area contributed by atoms with Crippen LogP contribution in [0, 0.1) is 0 Å². The summed E-state index contributed by atoms with van der Waals surface area (Å²) in [7, 11) is 4.33. The van der Waals surface area contributed by atoms with E-state index in [1.165, 1.54) is 29.4 Å². The van der Waals surface area contributed by atoms with Gasteiger partial charge in [-0.3, -0.25) is 4.68 Å². The maximum Gasteiger partial charge on any atom is 0.0624 e. The lowest BCUT2D eigenvalue weighted by atomic mass is 10.0. The lowest BCUT2D eigenvalue weighted by Gasteiger charge is -2.38. The van der Waals surface area contributed by atoms with Crippen LogP contribution < -0.4 is 5.32 Å². The summed E-state index contributed by atoms with van der Waals surface area (Å²) in [6, 6.07) is 3.40. The fourth-order valence-electron chi connectivity index (χ4n) is 2.90. The Balaban J connectivity index is 2.09. The van der Waals surface area contributed by atoms with Crippen LogP contribution in [0.25, 0.3) is 0 Å². The van der Waals surface area contributed by atoms with Crippen LogP contribution in [-0.2, 0) is 19.9 Å². The van der Waals surface area contributed by atoms with E-state index in [2.05, 4.69) is 65.8 Å². The SMILES string of the molecule is CCNC(Cc1cc(CC)nn1C)C1CSCCN1C. The van der Waals surface area contributed by atoms with Crippen LogP contribution in [0.2, 0.25) is 0 Å². The number of hydrogen-bond acceptors (Lipinski definition) is 4. The molecule has 0 radical (unpaired) electrons. The number of nitrogens with zero attached hydrogens (tertiary/aromatic N) is 3. The van der Waals surface area contributed by atoms with E-state index >= 15 is 0 Å². The number of hydrogen-bond donors (Lipinski definition) is 1. The zero-order valence-electron chi connectivity index (χ0n) is 13.2. The van der Waals surface area contributed by atoms with E-state index in [4.69, 9.17) is 0 Å². The second-order valence-electron chi connectivity index (χ2n) is 5.60. The van der Waals surface area contributed by atoms with E-state index in [-0.39, 0.29) is 0 Å². The minimum atomic E-state index is 0.512. The summed E-state index contributed by atoms with van der Waals surface area (Å²) in [5.41, 5.74) is 2.54. The van der Waals surface area contributed by atoms with E-state index < -0.39 is 0 Å². The molecule has 1 fully saturated rings. The maximum absolute atomic E-state index is 4.58. The van der Waals surface area contributed by atoms with Crippen LogP contribution in [0.4, 0.5) is 0 Å². The van der Waals surface area contributed by atoms with Crippen molar-refractivity contribution >= 4 is 11.8 Å². The average Bonchev–Trinajstić information content (AvgIpc) is 2.80. The lowest BCUT2D eigenvalue weighted by Crippen LogP contribution is -2.53. The first-order chi connectivity index (χ1) is 9.65. The summed E-state index contributed by atoms with van der Waals surface area (Å²) in [4.78, 5) is 2.51. The van der Waals surface area contributed by atoms with E-state index in [0.29, 0.717) is 12.1 Å². The van der Waals surface area contributed by atoms with Gasteiger partial charge < -0.3 is 10.2 Å². The maximum atomic E-state index is 4.58. The Hall–Kier alpha value is -0.520. The molecule has 0 spiro atoms. The molecule has 0 saturated carbocycles. The molecule has 4 nitrogen and oxygen atoms in total. The number of aromatic nitrogens is 2. The fraction of sp³-hybridized carbons (Fsp3) is 0.800. The zero-order chi connectivity index (χ0) is 14.5.